The van der Waals surface area contributed by atoms with Gasteiger partial charge in [0.1, 0.15) is 5.02 Å². The fraction of sp³-hybridized carbons (Fsp3) is 0.263. The fourth-order valence-electron chi connectivity index (χ4n) is 3.02. The van der Waals surface area contributed by atoms with Crippen LogP contribution in [-0.4, -0.2) is 42.2 Å². The molecule has 2 aromatic rings. The maximum atomic E-state index is 13.2. The molecule has 0 unspecified atom stereocenters. The molecule has 1 heterocycles. The zero-order valence-corrected chi connectivity index (χ0v) is 17.8. The Morgan fingerprint density at radius 3 is 2.50 bits per heavy atom. The summed E-state index contributed by atoms with van der Waals surface area (Å²) in [7, 11) is 0. The number of rotatable bonds is 4. The molecule has 1 aliphatic rings. The van der Waals surface area contributed by atoms with Gasteiger partial charge in [0.25, 0.3) is 11.6 Å². The van der Waals surface area contributed by atoms with Crippen LogP contribution in [0.5, 0.6) is 0 Å². The first-order valence-corrected chi connectivity index (χ1v) is 9.95. The zero-order valence-electron chi connectivity index (χ0n) is 16.2. The summed E-state index contributed by atoms with van der Waals surface area (Å²) in [6, 6.07) is 6.61. The summed E-state index contributed by atoms with van der Waals surface area (Å²) in [4.78, 5) is 24.5. The van der Waals surface area contributed by atoms with E-state index in [1.807, 2.05) is 4.90 Å². The average molecular weight is 489 g/mol. The number of nitrogens with zero attached hydrogens (tertiary/aromatic N) is 2. The van der Waals surface area contributed by atoms with Gasteiger partial charge in [-0.2, -0.15) is 13.2 Å². The molecule has 13 heteroatoms. The number of carbonyl (C=O) groups excluding carboxylic acids is 1. The average Bonchev–Trinajstić information content (AvgIpc) is 2.73. The van der Waals surface area contributed by atoms with Gasteiger partial charge in [0, 0.05) is 24.7 Å². The van der Waals surface area contributed by atoms with Gasteiger partial charge >= 0.3 is 6.18 Å². The number of nitro groups is 1. The summed E-state index contributed by atoms with van der Waals surface area (Å²) in [5.41, 5.74) is -0.943. The molecule has 1 amide bonds. The van der Waals surface area contributed by atoms with Crippen LogP contribution in [-0.2, 0) is 10.9 Å². The Morgan fingerprint density at radius 2 is 1.88 bits per heavy atom. The first kappa shape index (κ1) is 23.7. The number of thiocarbonyl (C=S) groups is 1. The molecule has 2 aromatic carbocycles. The van der Waals surface area contributed by atoms with Gasteiger partial charge in [0.05, 0.1) is 35.1 Å². The highest BCUT2D eigenvalue weighted by Gasteiger charge is 2.32. The third kappa shape index (κ3) is 5.64. The van der Waals surface area contributed by atoms with Crippen molar-refractivity contribution in [3.8, 4) is 0 Å². The molecule has 32 heavy (non-hydrogen) atoms. The van der Waals surface area contributed by atoms with Crippen LogP contribution in [0, 0.1) is 10.1 Å². The van der Waals surface area contributed by atoms with Crippen molar-refractivity contribution in [2.24, 2.45) is 0 Å². The second-order valence-electron chi connectivity index (χ2n) is 6.66. The number of alkyl halides is 3. The smallest absolute Gasteiger partial charge is 0.378 e. The molecular formula is C19H16ClF3N4O4S. The Hall–Kier alpha value is -2.96. The van der Waals surface area contributed by atoms with Gasteiger partial charge in [-0.3, -0.25) is 20.2 Å². The van der Waals surface area contributed by atoms with E-state index in [4.69, 9.17) is 28.6 Å². The van der Waals surface area contributed by atoms with Gasteiger partial charge in [0.2, 0.25) is 0 Å². The van der Waals surface area contributed by atoms with Crippen molar-refractivity contribution in [3.63, 3.8) is 0 Å². The topological polar surface area (TPSA) is 96.7 Å². The molecule has 0 aromatic heterocycles. The molecule has 170 valence electrons. The second-order valence-corrected chi connectivity index (χ2v) is 7.48. The predicted octanol–water partition coefficient (Wildman–Crippen LogP) is 4.23. The summed E-state index contributed by atoms with van der Waals surface area (Å²) >= 11 is 10.8. The lowest BCUT2D eigenvalue weighted by Crippen LogP contribution is -2.38. The van der Waals surface area contributed by atoms with E-state index >= 15 is 0 Å². The lowest BCUT2D eigenvalue weighted by molar-refractivity contribution is -0.384. The van der Waals surface area contributed by atoms with Gasteiger partial charge < -0.3 is 15.0 Å². The molecule has 3 rings (SSSR count). The molecule has 1 fully saturated rings. The minimum atomic E-state index is -4.58. The third-order valence-corrected chi connectivity index (χ3v) is 5.08. The van der Waals surface area contributed by atoms with E-state index in [-0.39, 0.29) is 21.4 Å². The first-order valence-electron chi connectivity index (χ1n) is 9.16. The van der Waals surface area contributed by atoms with Crippen LogP contribution in [0.2, 0.25) is 5.02 Å². The summed E-state index contributed by atoms with van der Waals surface area (Å²) in [6.45, 7) is 1.76. The number of amides is 1. The van der Waals surface area contributed by atoms with E-state index in [1.54, 1.807) is 0 Å². The van der Waals surface area contributed by atoms with Crippen molar-refractivity contribution in [3.05, 3.63) is 62.7 Å². The maximum absolute atomic E-state index is 13.2. The Bertz CT molecular complexity index is 1060. The molecule has 0 saturated carbocycles. The number of anilines is 2. The highest BCUT2D eigenvalue weighted by atomic mass is 35.5. The van der Waals surface area contributed by atoms with E-state index in [2.05, 4.69) is 10.6 Å². The number of hydrogen-bond donors (Lipinski definition) is 2. The molecule has 0 radical (unpaired) electrons. The SMILES string of the molecule is O=C(NC(=S)Nc1cc(C(F)(F)F)ccc1N1CCOCC1)c1ccc(Cl)c([N+](=O)[O-])c1. The molecule has 2 N–H and O–H groups in total. The molecule has 1 saturated heterocycles. The molecule has 0 atom stereocenters. The van der Waals surface area contributed by atoms with Gasteiger partial charge in [-0.15, -0.1) is 0 Å². The molecule has 0 bridgehead atoms. The van der Waals surface area contributed by atoms with Crippen molar-refractivity contribution >= 4 is 51.9 Å². The maximum Gasteiger partial charge on any atom is 0.416 e. The molecular weight excluding hydrogens is 473 g/mol. The van der Waals surface area contributed by atoms with Crippen LogP contribution in [0.15, 0.2) is 36.4 Å². The number of hydrogen-bond acceptors (Lipinski definition) is 6. The van der Waals surface area contributed by atoms with Crippen LogP contribution >= 0.6 is 23.8 Å². The van der Waals surface area contributed by atoms with Crippen LogP contribution in [0.4, 0.5) is 30.2 Å². The zero-order chi connectivity index (χ0) is 23.5. The van der Waals surface area contributed by atoms with E-state index in [1.165, 1.54) is 18.2 Å². The van der Waals surface area contributed by atoms with Crippen LogP contribution in [0.1, 0.15) is 15.9 Å². The van der Waals surface area contributed by atoms with Crippen LogP contribution in [0.3, 0.4) is 0 Å². The standard InChI is InChI=1S/C19H16ClF3N4O4S/c20-13-3-1-11(9-16(13)27(29)30)17(28)25-18(32)24-14-10-12(19(21,22)23)2-4-15(14)26-5-7-31-8-6-26/h1-4,9-10H,5-8H2,(H2,24,25,28,32). The van der Waals surface area contributed by atoms with E-state index in [9.17, 15) is 28.1 Å². The lowest BCUT2D eigenvalue weighted by atomic mass is 10.1. The monoisotopic (exact) mass is 488 g/mol. The van der Waals surface area contributed by atoms with Crippen molar-refractivity contribution < 1.29 is 27.6 Å². The van der Waals surface area contributed by atoms with Crippen LogP contribution in [0.25, 0.3) is 0 Å². The van der Waals surface area contributed by atoms with E-state index in [0.717, 1.165) is 18.2 Å². The highest BCUT2D eigenvalue weighted by Crippen LogP contribution is 2.35. The van der Waals surface area contributed by atoms with Crippen LogP contribution < -0.4 is 15.5 Å². The number of carbonyl (C=O) groups is 1. The van der Waals surface area contributed by atoms with Crippen molar-refractivity contribution in [1.29, 1.82) is 0 Å². The van der Waals surface area contributed by atoms with Gasteiger partial charge in [-0.05, 0) is 42.5 Å². The van der Waals surface area contributed by atoms with Gasteiger partial charge in [-0.1, -0.05) is 11.6 Å². The number of halogens is 4. The third-order valence-electron chi connectivity index (χ3n) is 4.56. The number of nitro benzene ring substituents is 1. The summed E-state index contributed by atoms with van der Waals surface area (Å²) in [6.07, 6.45) is -4.58. The first-order chi connectivity index (χ1) is 15.1. The minimum Gasteiger partial charge on any atom is -0.378 e. The van der Waals surface area contributed by atoms with Crippen molar-refractivity contribution in [2.75, 3.05) is 36.5 Å². The molecule has 0 spiro atoms. The van der Waals surface area contributed by atoms with Gasteiger partial charge in [-0.25, -0.2) is 0 Å². The number of benzene rings is 2. The van der Waals surface area contributed by atoms with E-state index < -0.39 is 28.3 Å². The Balaban J connectivity index is 1.82. The Labute approximate surface area is 190 Å². The number of ether oxygens (including phenoxy) is 1. The largest absolute Gasteiger partial charge is 0.416 e. The Morgan fingerprint density at radius 1 is 1.19 bits per heavy atom. The fourth-order valence-corrected chi connectivity index (χ4v) is 3.40. The number of morpholine rings is 1. The quantitative estimate of drug-likeness (QED) is 0.377. The van der Waals surface area contributed by atoms with Crippen molar-refractivity contribution in [1.82, 2.24) is 5.32 Å². The summed E-state index contributed by atoms with van der Waals surface area (Å²) in [5.74, 6) is -0.790. The van der Waals surface area contributed by atoms with Crippen molar-refractivity contribution in [2.45, 2.75) is 6.18 Å². The normalized spacial score (nSPS) is 14.1. The summed E-state index contributed by atoms with van der Waals surface area (Å²) in [5, 5.41) is 15.5. The van der Waals surface area contributed by atoms with Gasteiger partial charge in [0.15, 0.2) is 5.11 Å². The Kier molecular flexibility index (Phi) is 7.16. The predicted molar refractivity (Wildman–Crippen MR) is 116 cm³/mol. The minimum absolute atomic E-state index is 0.0501. The second kappa shape index (κ2) is 9.67. The lowest BCUT2D eigenvalue weighted by Gasteiger charge is -2.31. The van der Waals surface area contributed by atoms with E-state index in [0.29, 0.717) is 32.0 Å². The summed E-state index contributed by atoms with van der Waals surface area (Å²) < 4.78 is 44.9. The molecule has 1 aliphatic heterocycles. The number of nitrogens with one attached hydrogen (secondary N) is 2. The highest BCUT2D eigenvalue weighted by molar-refractivity contribution is 7.80. The molecule has 0 aliphatic carbocycles. The molecule has 8 nitrogen and oxygen atoms in total.